The predicted octanol–water partition coefficient (Wildman–Crippen LogP) is 4.14. The molecule has 38 heavy (non-hydrogen) atoms. The monoisotopic (exact) mass is 537 g/mol. The van der Waals surface area contributed by atoms with Crippen LogP contribution in [0.3, 0.4) is 0 Å². The fourth-order valence-corrected chi connectivity index (χ4v) is 5.39. The van der Waals surface area contributed by atoms with E-state index in [4.69, 9.17) is 4.74 Å². The van der Waals surface area contributed by atoms with Gasteiger partial charge in [-0.05, 0) is 57.5 Å². The number of amides is 2. The van der Waals surface area contributed by atoms with E-state index in [0.29, 0.717) is 5.75 Å². The van der Waals surface area contributed by atoms with Crippen LogP contribution in [0.5, 0.6) is 5.75 Å². The van der Waals surface area contributed by atoms with Crippen molar-refractivity contribution in [3.8, 4) is 5.75 Å². The summed E-state index contributed by atoms with van der Waals surface area (Å²) in [5.41, 5.74) is 2.11. The van der Waals surface area contributed by atoms with Crippen LogP contribution in [-0.4, -0.2) is 50.9 Å². The molecule has 0 radical (unpaired) electrons. The van der Waals surface area contributed by atoms with Crippen LogP contribution < -0.4 is 14.4 Å². The van der Waals surface area contributed by atoms with Crippen molar-refractivity contribution in [3.05, 3.63) is 90.0 Å². The van der Waals surface area contributed by atoms with Crippen LogP contribution in [0.1, 0.15) is 31.9 Å². The zero-order chi connectivity index (χ0) is 27.9. The van der Waals surface area contributed by atoms with E-state index in [2.05, 4.69) is 5.32 Å². The summed E-state index contributed by atoms with van der Waals surface area (Å²) in [4.78, 5) is 28.3. The maximum atomic E-state index is 13.9. The van der Waals surface area contributed by atoms with E-state index in [0.717, 1.165) is 15.4 Å². The number of carbonyl (C=O) groups excluding carboxylic acids is 2. The van der Waals surface area contributed by atoms with Crippen LogP contribution in [0.25, 0.3) is 0 Å². The average molecular weight is 538 g/mol. The molecule has 0 aliphatic rings. The Morgan fingerprint density at radius 1 is 0.895 bits per heavy atom. The highest BCUT2D eigenvalue weighted by Crippen LogP contribution is 2.32. The Kier molecular flexibility index (Phi) is 9.52. The highest BCUT2D eigenvalue weighted by atomic mass is 32.2. The van der Waals surface area contributed by atoms with E-state index in [-0.39, 0.29) is 29.1 Å². The normalized spacial score (nSPS) is 12.1. The van der Waals surface area contributed by atoms with Crippen molar-refractivity contribution in [1.29, 1.82) is 0 Å². The second-order valence-electron chi connectivity index (χ2n) is 9.34. The van der Waals surface area contributed by atoms with Crippen molar-refractivity contribution in [2.75, 3.05) is 18.0 Å². The van der Waals surface area contributed by atoms with E-state index in [1.165, 1.54) is 24.1 Å². The van der Waals surface area contributed by atoms with Crippen molar-refractivity contribution in [2.45, 2.75) is 51.2 Å². The van der Waals surface area contributed by atoms with E-state index < -0.39 is 28.5 Å². The molecule has 3 rings (SSSR count). The molecule has 1 unspecified atom stereocenters. The highest BCUT2D eigenvalue weighted by molar-refractivity contribution is 7.92. The lowest BCUT2D eigenvalue weighted by Gasteiger charge is -2.32. The number of para-hydroxylation sites is 2. The minimum absolute atomic E-state index is 0.0365. The van der Waals surface area contributed by atoms with E-state index in [9.17, 15) is 18.0 Å². The number of nitrogens with zero attached hydrogens (tertiary/aromatic N) is 2. The number of aryl methyl sites for hydroxylation is 1. The van der Waals surface area contributed by atoms with Crippen LogP contribution in [0.4, 0.5) is 5.69 Å². The molecule has 2 amide bonds. The number of nitrogens with one attached hydrogen (secondary N) is 1. The molecule has 0 heterocycles. The molecule has 0 bridgehead atoms. The molecule has 3 aromatic carbocycles. The van der Waals surface area contributed by atoms with Crippen molar-refractivity contribution in [1.82, 2.24) is 10.2 Å². The number of anilines is 1. The lowest BCUT2D eigenvalue weighted by molar-refractivity contribution is -0.139. The van der Waals surface area contributed by atoms with Gasteiger partial charge in [-0.2, -0.15) is 0 Å². The first-order chi connectivity index (χ1) is 18.0. The summed E-state index contributed by atoms with van der Waals surface area (Å²) in [6.07, 6.45) is 0. The van der Waals surface area contributed by atoms with Gasteiger partial charge in [-0.1, -0.05) is 60.2 Å². The highest BCUT2D eigenvalue weighted by Gasteiger charge is 2.33. The first-order valence-electron chi connectivity index (χ1n) is 12.4. The van der Waals surface area contributed by atoms with Gasteiger partial charge in [0, 0.05) is 12.6 Å². The molecule has 0 fully saturated rings. The Hall–Kier alpha value is -3.85. The minimum atomic E-state index is -4.15. The van der Waals surface area contributed by atoms with Crippen molar-refractivity contribution in [3.63, 3.8) is 0 Å². The summed E-state index contributed by atoms with van der Waals surface area (Å²) in [7, 11) is -2.71. The number of sulfonamides is 1. The Morgan fingerprint density at radius 2 is 1.50 bits per heavy atom. The second kappa shape index (κ2) is 12.6. The molecule has 1 atom stereocenters. The van der Waals surface area contributed by atoms with Gasteiger partial charge in [0.15, 0.2) is 0 Å². The summed E-state index contributed by atoms with van der Waals surface area (Å²) < 4.78 is 34.1. The fraction of sp³-hybridized carbons (Fsp3) is 0.310. The molecule has 0 aliphatic carbocycles. The minimum Gasteiger partial charge on any atom is -0.495 e. The lowest BCUT2D eigenvalue weighted by Crippen LogP contribution is -2.52. The first kappa shape index (κ1) is 28.7. The van der Waals surface area contributed by atoms with Gasteiger partial charge in [0.1, 0.15) is 18.3 Å². The summed E-state index contributed by atoms with van der Waals surface area (Å²) in [5.74, 6) is -0.548. The molecule has 0 spiro atoms. The quantitative estimate of drug-likeness (QED) is 0.397. The molecule has 0 saturated heterocycles. The molecular weight excluding hydrogens is 502 g/mol. The molecular formula is C29H35N3O5S. The van der Waals surface area contributed by atoms with Crippen molar-refractivity contribution >= 4 is 27.5 Å². The van der Waals surface area contributed by atoms with E-state index >= 15 is 0 Å². The van der Waals surface area contributed by atoms with Gasteiger partial charge in [-0.3, -0.25) is 13.9 Å². The number of benzene rings is 3. The number of hydrogen-bond acceptors (Lipinski definition) is 5. The van der Waals surface area contributed by atoms with Gasteiger partial charge in [-0.15, -0.1) is 0 Å². The summed E-state index contributed by atoms with van der Waals surface area (Å²) in [6, 6.07) is 21.2. The third kappa shape index (κ3) is 6.92. The van der Waals surface area contributed by atoms with Crippen LogP contribution in [0, 0.1) is 6.92 Å². The zero-order valence-corrected chi connectivity index (χ0v) is 23.2. The van der Waals surface area contributed by atoms with Crippen molar-refractivity contribution < 1.29 is 22.7 Å². The van der Waals surface area contributed by atoms with Gasteiger partial charge >= 0.3 is 0 Å². The summed E-state index contributed by atoms with van der Waals surface area (Å²) in [5, 5.41) is 2.85. The first-order valence-corrected chi connectivity index (χ1v) is 13.8. The van der Waals surface area contributed by atoms with Crippen LogP contribution in [0.2, 0.25) is 0 Å². The van der Waals surface area contributed by atoms with Gasteiger partial charge in [-0.25, -0.2) is 8.42 Å². The molecule has 0 aromatic heterocycles. The fourth-order valence-electron chi connectivity index (χ4n) is 3.95. The summed E-state index contributed by atoms with van der Waals surface area (Å²) in [6.45, 7) is 6.90. The Labute approximate surface area is 225 Å². The molecule has 202 valence electrons. The topological polar surface area (TPSA) is 96.0 Å². The third-order valence-electron chi connectivity index (χ3n) is 6.04. The average Bonchev–Trinajstić information content (AvgIpc) is 2.90. The second-order valence-corrected chi connectivity index (χ2v) is 11.2. The van der Waals surface area contributed by atoms with Gasteiger partial charge in [0.05, 0.1) is 17.7 Å². The van der Waals surface area contributed by atoms with Gasteiger partial charge in [0.25, 0.3) is 10.0 Å². The molecule has 3 aromatic rings. The van der Waals surface area contributed by atoms with E-state index in [1.807, 2.05) is 45.0 Å². The third-order valence-corrected chi connectivity index (χ3v) is 7.81. The van der Waals surface area contributed by atoms with Crippen molar-refractivity contribution in [2.24, 2.45) is 0 Å². The molecule has 8 nitrogen and oxygen atoms in total. The standard InChI is InChI=1S/C29H35N3O5S/c1-21(2)30-29(34)23(4)31(19-24-17-15-22(3)16-18-24)28(33)20-32(26-13-9-10-14-27(26)37-5)38(35,36)25-11-7-6-8-12-25/h6-18,21,23H,19-20H2,1-5H3,(H,30,34). The number of ether oxygens (including phenoxy) is 1. The zero-order valence-electron chi connectivity index (χ0n) is 22.4. The van der Waals surface area contributed by atoms with E-state index in [1.54, 1.807) is 49.4 Å². The Balaban J connectivity index is 2.05. The number of hydrogen-bond donors (Lipinski definition) is 1. The number of carbonyl (C=O) groups is 2. The molecule has 1 N–H and O–H groups in total. The molecule has 0 aliphatic heterocycles. The number of rotatable bonds is 11. The SMILES string of the molecule is COc1ccccc1N(CC(=O)N(Cc1ccc(C)cc1)C(C)C(=O)NC(C)C)S(=O)(=O)c1ccccc1. The van der Waals surface area contributed by atoms with Crippen LogP contribution >= 0.6 is 0 Å². The predicted molar refractivity (Wildman–Crippen MR) is 148 cm³/mol. The maximum Gasteiger partial charge on any atom is 0.264 e. The Bertz CT molecular complexity index is 1340. The molecule has 0 saturated carbocycles. The van der Waals surface area contributed by atoms with Crippen LogP contribution in [0.15, 0.2) is 83.8 Å². The maximum absolute atomic E-state index is 13.9. The summed E-state index contributed by atoms with van der Waals surface area (Å²) >= 11 is 0. The Morgan fingerprint density at radius 3 is 2.11 bits per heavy atom. The largest absolute Gasteiger partial charge is 0.495 e. The smallest absolute Gasteiger partial charge is 0.264 e. The van der Waals surface area contributed by atoms with Crippen LogP contribution in [-0.2, 0) is 26.2 Å². The molecule has 9 heteroatoms. The van der Waals surface area contributed by atoms with Gasteiger partial charge < -0.3 is 15.0 Å². The van der Waals surface area contributed by atoms with Gasteiger partial charge in [0.2, 0.25) is 11.8 Å². The number of methoxy groups -OCH3 is 1. The lowest BCUT2D eigenvalue weighted by atomic mass is 10.1.